The zero-order chi connectivity index (χ0) is 31.2. The second kappa shape index (κ2) is 13.2. The molecule has 3 aromatic carbocycles. The van der Waals surface area contributed by atoms with Gasteiger partial charge in [0.1, 0.15) is 18.4 Å². The maximum Gasteiger partial charge on any atom is 0.264 e. The van der Waals surface area contributed by atoms with Crippen LogP contribution in [-0.4, -0.2) is 57.5 Å². The average Bonchev–Trinajstić information content (AvgIpc) is 2.94. The summed E-state index contributed by atoms with van der Waals surface area (Å²) in [5.74, 6) is -0.928. The number of nitrogens with zero attached hydrogens (tertiary/aromatic N) is 2. The molecule has 0 saturated carbocycles. The van der Waals surface area contributed by atoms with Crippen LogP contribution >= 0.6 is 0 Å². The molecular weight excluding hydrogens is 561 g/mol. The van der Waals surface area contributed by atoms with Gasteiger partial charge in [0.25, 0.3) is 10.0 Å². The molecule has 3 rings (SSSR count). The van der Waals surface area contributed by atoms with E-state index >= 15 is 0 Å². The van der Waals surface area contributed by atoms with E-state index in [4.69, 9.17) is 9.47 Å². The van der Waals surface area contributed by atoms with E-state index < -0.39 is 45.8 Å². The molecule has 11 heteroatoms. The fraction of sp³-hybridized carbons (Fsp3) is 0.355. The first-order valence-electron chi connectivity index (χ1n) is 13.3. The van der Waals surface area contributed by atoms with Crippen LogP contribution in [0.1, 0.15) is 38.8 Å². The SMILES string of the molecule is COc1ccc(S(=O)(=O)N(CC(=O)N(Cc2ccc(F)cc2)[C@@H](C)C(=O)NC(C)(C)C)c2ccc(C)cc2)cc1OC. The van der Waals surface area contributed by atoms with E-state index in [1.54, 1.807) is 31.2 Å². The summed E-state index contributed by atoms with van der Waals surface area (Å²) in [4.78, 5) is 28.3. The van der Waals surface area contributed by atoms with Gasteiger partial charge < -0.3 is 19.7 Å². The Morgan fingerprint density at radius 3 is 2.07 bits per heavy atom. The first-order valence-corrected chi connectivity index (χ1v) is 14.8. The van der Waals surface area contributed by atoms with Gasteiger partial charge in [-0.25, -0.2) is 12.8 Å². The van der Waals surface area contributed by atoms with E-state index in [1.165, 1.54) is 61.6 Å². The van der Waals surface area contributed by atoms with Crippen LogP contribution in [0.5, 0.6) is 11.5 Å². The van der Waals surface area contributed by atoms with Crippen molar-refractivity contribution in [2.24, 2.45) is 0 Å². The van der Waals surface area contributed by atoms with E-state index in [0.29, 0.717) is 11.3 Å². The molecule has 0 radical (unpaired) electrons. The molecule has 0 heterocycles. The number of benzene rings is 3. The number of aryl methyl sites for hydroxylation is 1. The number of anilines is 1. The molecule has 0 aliphatic heterocycles. The lowest BCUT2D eigenvalue weighted by Gasteiger charge is -2.33. The van der Waals surface area contributed by atoms with Gasteiger partial charge in [0.05, 0.1) is 24.8 Å². The lowest BCUT2D eigenvalue weighted by molar-refractivity contribution is -0.140. The van der Waals surface area contributed by atoms with Crippen LogP contribution in [0.4, 0.5) is 10.1 Å². The average molecular weight is 600 g/mol. The van der Waals surface area contributed by atoms with Crippen LogP contribution in [0.25, 0.3) is 0 Å². The third kappa shape index (κ3) is 8.00. The molecule has 42 heavy (non-hydrogen) atoms. The van der Waals surface area contributed by atoms with E-state index in [-0.39, 0.29) is 22.9 Å². The number of methoxy groups -OCH3 is 2. The molecular formula is C31H38FN3O6S. The second-order valence-electron chi connectivity index (χ2n) is 10.9. The molecule has 3 aromatic rings. The molecule has 1 N–H and O–H groups in total. The smallest absolute Gasteiger partial charge is 0.264 e. The van der Waals surface area contributed by atoms with Gasteiger partial charge in [0, 0.05) is 18.2 Å². The van der Waals surface area contributed by atoms with Crippen LogP contribution in [0.2, 0.25) is 0 Å². The van der Waals surface area contributed by atoms with Crippen molar-refractivity contribution in [3.63, 3.8) is 0 Å². The van der Waals surface area contributed by atoms with Crippen LogP contribution in [0.3, 0.4) is 0 Å². The normalized spacial score (nSPS) is 12.3. The number of nitrogens with one attached hydrogen (secondary N) is 1. The summed E-state index contributed by atoms with van der Waals surface area (Å²) in [5, 5.41) is 2.87. The fourth-order valence-electron chi connectivity index (χ4n) is 4.19. The predicted molar refractivity (Wildman–Crippen MR) is 160 cm³/mol. The first kappa shape index (κ1) is 32.4. The molecule has 0 saturated heterocycles. The van der Waals surface area contributed by atoms with Gasteiger partial charge in [-0.05, 0) is 76.6 Å². The maximum absolute atomic E-state index is 14.1. The van der Waals surface area contributed by atoms with Crippen LogP contribution < -0.4 is 19.1 Å². The van der Waals surface area contributed by atoms with Gasteiger partial charge >= 0.3 is 0 Å². The first-order chi connectivity index (χ1) is 19.7. The molecule has 0 spiro atoms. The summed E-state index contributed by atoms with van der Waals surface area (Å²) >= 11 is 0. The predicted octanol–water partition coefficient (Wildman–Crippen LogP) is 4.68. The molecule has 9 nitrogen and oxygen atoms in total. The molecule has 0 aromatic heterocycles. The van der Waals surface area contributed by atoms with Crippen molar-refractivity contribution in [1.29, 1.82) is 0 Å². The van der Waals surface area contributed by atoms with Crippen molar-refractivity contribution in [2.45, 2.75) is 57.6 Å². The van der Waals surface area contributed by atoms with Gasteiger partial charge in [0.2, 0.25) is 11.8 Å². The third-order valence-corrected chi connectivity index (χ3v) is 8.25. The Bertz CT molecular complexity index is 1500. The van der Waals surface area contributed by atoms with Crippen LogP contribution in [0, 0.1) is 12.7 Å². The van der Waals surface area contributed by atoms with Crippen molar-refractivity contribution in [2.75, 3.05) is 25.1 Å². The van der Waals surface area contributed by atoms with Crippen molar-refractivity contribution in [3.8, 4) is 11.5 Å². The molecule has 2 amide bonds. The molecule has 0 fully saturated rings. The van der Waals surface area contributed by atoms with Crippen molar-refractivity contribution >= 4 is 27.5 Å². The summed E-state index contributed by atoms with van der Waals surface area (Å²) in [7, 11) is -1.47. The highest BCUT2D eigenvalue weighted by Gasteiger charge is 2.33. The number of rotatable bonds is 11. The summed E-state index contributed by atoms with van der Waals surface area (Å²) in [6.45, 7) is 8.24. The zero-order valence-electron chi connectivity index (χ0n) is 25.0. The van der Waals surface area contributed by atoms with Crippen LogP contribution in [-0.2, 0) is 26.2 Å². The molecule has 0 aliphatic carbocycles. The van der Waals surface area contributed by atoms with Crippen molar-refractivity contribution in [3.05, 3.63) is 83.7 Å². The lowest BCUT2D eigenvalue weighted by atomic mass is 10.1. The largest absolute Gasteiger partial charge is 0.493 e. The van der Waals surface area contributed by atoms with Gasteiger partial charge in [0.15, 0.2) is 11.5 Å². The van der Waals surface area contributed by atoms with Gasteiger partial charge in [-0.1, -0.05) is 29.8 Å². The minimum absolute atomic E-state index is 0.0456. The standard InChI is InChI=1S/C31H38FN3O6S/c1-21-8-14-25(15-9-21)35(42(38,39)26-16-17-27(40-6)28(18-26)41-7)20-29(36)34(19-23-10-12-24(32)13-11-23)22(2)30(37)33-31(3,4)5/h8-18,22H,19-20H2,1-7H3,(H,33,37)/t22-/m0/s1. The maximum atomic E-state index is 14.1. The van der Waals surface area contributed by atoms with E-state index in [2.05, 4.69) is 5.32 Å². The Kier molecular flexibility index (Phi) is 10.2. The highest BCUT2D eigenvalue weighted by atomic mass is 32.2. The van der Waals surface area contributed by atoms with Gasteiger partial charge in [-0.3, -0.25) is 13.9 Å². The molecule has 0 aliphatic rings. The Balaban J connectivity index is 2.07. The molecule has 0 bridgehead atoms. The lowest BCUT2D eigenvalue weighted by Crippen LogP contribution is -2.54. The summed E-state index contributed by atoms with van der Waals surface area (Å²) in [6, 6.07) is 15.5. The molecule has 0 unspecified atom stereocenters. The number of sulfonamides is 1. The Labute approximate surface area is 247 Å². The topological polar surface area (TPSA) is 105 Å². The highest BCUT2D eigenvalue weighted by Crippen LogP contribution is 2.32. The Morgan fingerprint density at radius 2 is 1.52 bits per heavy atom. The third-order valence-electron chi connectivity index (χ3n) is 6.48. The fourth-order valence-corrected chi connectivity index (χ4v) is 5.62. The van der Waals surface area contributed by atoms with Gasteiger partial charge in [-0.2, -0.15) is 0 Å². The quantitative estimate of drug-likeness (QED) is 0.343. The molecule has 1 atom stereocenters. The van der Waals surface area contributed by atoms with Gasteiger partial charge in [-0.15, -0.1) is 0 Å². The number of halogens is 1. The number of carbonyl (C=O) groups excluding carboxylic acids is 2. The van der Waals surface area contributed by atoms with Crippen molar-refractivity contribution < 1.29 is 31.9 Å². The van der Waals surface area contributed by atoms with E-state index in [9.17, 15) is 22.4 Å². The Hall–Kier alpha value is -4.12. The second-order valence-corrected chi connectivity index (χ2v) is 12.8. The minimum atomic E-state index is -4.31. The number of hydrogen-bond acceptors (Lipinski definition) is 6. The van der Waals surface area contributed by atoms with Crippen LogP contribution in [0.15, 0.2) is 71.6 Å². The number of amides is 2. The van der Waals surface area contributed by atoms with E-state index in [1.807, 2.05) is 27.7 Å². The minimum Gasteiger partial charge on any atom is -0.493 e. The molecule has 226 valence electrons. The van der Waals surface area contributed by atoms with E-state index in [0.717, 1.165) is 9.87 Å². The number of ether oxygens (including phenoxy) is 2. The summed E-state index contributed by atoms with van der Waals surface area (Å²) in [5.41, 5.74) is 1.17. The number of carbonyl (C=O) groups is 2. The summed E-state index contributed by atoms with van der Waals surface area (Å²) in [6.07, 6.45) is 0. The number of hydrogen-bond donors (Lipinski definition) is 1. The highest BCUT2D eigenvalue weighted by molar-refractivity contribution is 7.92. The summed E-state index contributed by atoms with van der Waals surface area (Å²) < 4.78 is 53.3. The monoisotopic (exact) mass is 599 g/mol. The van der Waals surface area contributed by atoms with Crippen molar-refractivity contribution in [1.82, 2.24) is 10.2 Å². The zero-order valence-corrected chi connectivity index (χ0v) is 25.8. The Morgan fingerprint density at radius 1 is 0.929 bits per heavy atom.